The molecule has 2 aromatic rings. The van der Waals surface area contributed by atoms with E-state index < -0.39 is 35.9 Å². The van der Waals surface area contributed by atoms with Crippen LogP contribution in [0.5, 0.6) is 0 Å². The number of para-hydroxylation sites is 1. The van der Waals surface area contributed by atoms with Gasteiger partial charge >= 0.3 is 5.97 Å². The Balaban J connectivity index is 1.69. The minimum absolute atomic E-state index is 0.0619. The number of nitrogens with zero attached hydrogens (tertiary/aromatic N) is 2. The van der Waals surface area contributed by atoms with Crippen molar-refractivity contribution in [1.29, 1.82) is 0 Å². The van der Waals surface area contributed by atoms with Crippen LogP contribution in [0.1, 0.15) is 31.2 Å². The second kappa shape index (κ2) is 10.8. The molecule has 1 aromatic heterocycles. The number of likely N-dealkylation sites (tertiary alicyclic amines) is 1. The molecule has 1 fully saturated rings. The van der Waals surface area contributed by atoms with Crippen LogP contribution in [-0.2, 0) is 20.8 Å². The molecule has 0 unspecified atom stereocenters. The van der Waals surface area contributed by atoms with Gasteiger partial charge in [0.25, 0.3) is 0 Å². The van der Waals surface area contributed by atoms with Gasteiger partial charge in [-0.1, -0.05) is 18.2 Å². The number of carboxylic acid groups (broad SMARTS) is 1. The molecule has 2 amide bonds. The van der Waals surface area contributed by atoms with Crippen molar-refractivity contribution in [2.75, 3.05) is 13.1 Å². The number of carbonyl (C=O) groups is 3. The van der Waals surface area contributed by atoms with E-state index in [1.807, 2.05) is 30.5 Å². The smallest absolute Gasteiger partial charge is 0.326 e. The molecule has 0 aliphatic carbocycles. The molecule has 3 atom stereocenters. The van der Waals surface area contributed by atoms with E-state index in [9.17, 15) is 19.5 Å². The van der Waals surface area contributed by atoms with Crippen LogP contribution in [0.4, 0.5) is 0 Å². The number of aromatic amines is 1. The molecule has 0 bridgehead atoms. The fourth-order valence-corrected chi connectivity index (χ4v) is 4.16. The van der Waals surface area contributed by atoms with E-state index in [0.717, 1.165) is 16.5 Å². The molecule has 11 nitrogen and oxygen atoms in total. The van der Waals surface area contributed by atoms with Crippen molar-refractivity contribution in [2.24, 2.45) is 22.2 Å². The van der Waals surface area contributed by atoms with Crippen molar-refractivity contribution in [3.05, 3.63) is 36.0 Å². The Morgan fingerprint density at radius 2 is 2.03 bits per heavy atom. The third-order valence-corrected chi connectivity index (χ3v) is 5.83. The molecular weight excluding hydrogens is 426 g/mol. The fourth-order valence-electron chi connectivity index (χ4n) is 4.16. The van der Waals surface area contributed by atoms with Crippen LogP contribution in [0, 0.1) is 0 Å². The molecule has 9 N–H and O–H groups in total. The summed E-state index contributed by atoms with van der Waals surface area (Å²) in [7, 11) is 0. The van der Waals surface area contributed by atoms with E-state index in [2.05, 4.69) is 15.3 Å². The second-order valence-corrected chi connectivity index (χ2v) is 8.21. The summed E-state index contributed by atoms with van der Waals surface area (Å²) in [6, 6.07) is 5.01. The number of benzene rings is 1. The molecule has 1 aliphatic rings. The number of hydrogen-bond donors (Lipinski definition) is 6. The van der Waals surface area contributed by atoms with Crippen molar-refractivity contribution in [1.82, 2.24) is 15.2 Å². The van der Waals surface area contributed by atoms with Gasteiger partial charge in [0.2, 0.25) is 11.8 Å². The Morgan fingerprint density at radius 1 is 1.27 bits per heavy atom. The van der Waals surface area contributed by atoms with Crippen molar-refractivity contribution in [2.45, 2.75) is 50.2 Å². The zero-order valence-electron chi connectivity index (χ0n) is 18.4. The molecule has 1 aliphatic heterocycles. The number of amides is 2. The maximum Gasteiger partial charge on any atom is 0.326 e. The van der Waals surface area contributed by atoms with Gasteiger partial charge in [0.1, 0.15) is 12.1 Å². The topological polar surface area (TPSA) is 193 Å². The molecule has 0 radical (unpaired) electrons. The first kappa shape index (κ1) is 24.1. The number of nitrogens with two attached hydrogens (primary N) is 3. The summed E-state index contributed by atoms with van der Waals surface area (Å²) < 4.78 is 0. The molecule has 11 heteroatoms. The van der Waals surface area contributed by atoms with Gasteiger partial charge in [-0.2, -0.15) is 0 Å². The molecular formula is C22H31N7O4. The van der Waals surface area contributed by atoms with Gasteiger partial charge in [0.05, 0.1) is 6.04 Å². The van der Waals surface area contributed by atoms with Gasteiger partial charge in [-0.3, -0.25) is 14.6 Å². The number of aliphatic carboxylic acids is 1. The number of carboxylic acids is 1. The first-order valence-electron chi connectivity index (χ1n) is 11.0. The van der Waals surface area contributed by atoms with Crippen molar-refractivity contribution in [3.63, 3.8) is 0 Å². The number of carbonyl (C=O) groups excluding carboxylic acids is 2. The van der Waals surface area contributed by atoms with Crippen LogP contribution in [0.25, 0.3) is 10.9 Å². The monoisotopic (exact) mass is 457 g/mol. The van der Waals surface area contributed by atoms with Gasteiger partial charge in [-0.25, -0.2) is 4.79 Å². The van der Waals surface area contributed by atoms with Crippen LogP contribution in [0.2, 0.25) is 0 Å². The summed E-state index contributed by atoms with van der Waals surface area (Å²) in [5.41, 5.74) is 18.7. The number of fused-ring (bicyclic) bond motifs is 1. The number of H-pyrrole nitrogens is 1. The van der Waals surface area contributed by atoms with Gasteiger partial charge in [0, 0.05) is 30.2 Å². The summed E-state index contributed by atoms with van der Waals surface area (Å²) in [5.74, 6) is -2.03. The molecule has 0 saturated carbocycles. The zero-order chi connectivity index (χ0) is 24.0. The summed E-state index contributed by atoms with van der Waals surface area (Å²) in [6.07, 6.45) is 3.76. The molecule has 33 heavy (non-hydrogen) atoms. The maximum absolute atomic E-state index is 13.2. The Labute approximate surface area is 191 Å². The highest BCUT2D eigenvalue weighted by atomic mass is 16.4. The van der Waals surface area contributed by atoms with Gasteiger partial charge < -0.3 is 37.5 Å². The lowest BCUT2D eigenvalue weighted by molar-refractivity contribution is -0.149. The predicted octanol–water partition coefficient (Wildman–Crippen LogP) is -0.348. The van der Waals surface area contributed by atoms with Gasteiger partial charge in [-0.15, -0.1) is 0 Å². The Bertz CT molecular complexity index is 1030. The van der Waals surface area contributed by atoms with E-state index >= 15 is 0 Å². The lowest BCUT2D eigenvalue weighted by Gasteiger charge is -2.28. The van der Waals surface area contributed by atoms with Crippen molar-refractivity contribution < 1.29 is 19.5 Å². The first-order chi connectivity index (χ1) is 15.8. The van der Waals surface area contributed by atoms with E-state index in [4.69, 9.17) is 17.2 Å². The molecule has 1 saturated heterocycles. The molecule has 3 rings (SSSR count). The SMILES string of the molecule is NC(N)=NCCC[C@H](NC(=O)[C@@H](N)Cc1c[nH]c2ccccc12)C(=O)N1CCC[C@@H]1C(=O)O. The van der Waals surface area contributed by atoms with Crippen LogP contribution >= 0.6 is 0 Å². The predicted molar refractivity (Wildman–Crippen MR) is 124 cm³/mol. The molecule has 178 valence electrons. The highest BCUT2D eigenvalue weighted by molar-refractivity contribution is 5.92. The number of nitrogens with one attached hydrogen (secondary N) is 2. The largest absolute Gasteiger partial charge is 0.480 e. The fraction of sp³-hybridized carbons (Fsp3) is 0.455. The lowest BCUT2D eigenvalue weighted by Crippen LogP contribution is -2.54. The van der Waals surface area contributed by atoms with E-state index in [-0.39, 0.29) is 25.3 Å². The quantitative estimate of drug-likeness (QED) is 0.159. The highest BCUT2D eigenvalue weighted by Crippen LogP contribution is 2.21. The number of guanidine groups is 1. The zero-order valence-corrected chi connectivity index (χ0v) is 18.4. The van der Waals surface area contributed by atoms with Crippen molar-refractivity contribution in [3.8, 4) is 0 Å². The third-order valence-electron chi connectivity index (χ3n) is 5.83. The Hall–Kier alpha value is -3.60. The van der Waals surface area contributed by atoms with Gasteiger partial charge in [-0.05, 0) is 43.7 Å². The average Bonchev–Trinajstić information content (AvgIpc) is 3.43. The number of aliphatic imine (C=N–C) groups is 1. The van der Waals surface area contributed by atoms with E-state index in [1.165, 1.54) is 4.90 Å². The maximum atomic E-state index is 13.2. The Kier molecular flexibility index (Phi) is 7.88. The van der Waals surface area contributed by atoms with E-state index in [1.54, 1.807) is 0 Å². The number of hydrogen-bond acceptors (Lipinski definition) is 5. The number of rotatable bonds is 10. The lowest BCUT2D eigenvalue weighted by atomic mass is 10.0. The standard InChI is InChI=1S/C22H31N7O4/c23-15(11-13-12-27-16-6-2-1-5-14(13)16)19(30)28-17(7-3-9-26-22(24)25)20(31)29-10-4-8-18(29)21(32)33/h1-2,5-6,12,15,17-18,27H,3-4,7-11,23H2,(H,28,30)(H,32,33)(H4,24,25,26)/t15-,17-,18+/m0/s1. The minimum Gasteiger partial charge on any atom is -0.480 e. The highest BCUT2D eigenvalue weighted by Gasteiger charge is 2.37. The first-order valence-corrected chi connectivity index (χ1v) is 11.0. The van der Waals surface area contributed by atoms with Gasteiger partial charge in [0.15, 0.2) is 5.96 Å². The van der Waals surface area contributed by atoms with Crippen molar-refractivity contribution >= 4 is 34.6 Å². The second-order valence-electron chi connectivity index (χ2n) is 8.21. The van der Waals surface area contributed by atoms with Crippen LogP contribution < -0.4 is 22.5 Å². The average molecular weight is 458 g/mol. The minimum atomic E-state index is -1.05. The van der Waals surface area contributed by atoms with Crippen LogP contribution in [0.15, 0.2) is 35.5 Å². The van der Waals surface area contributed by atoms with Crippen LogP contribution in [-0.4, -0.2) is 69.9 Å². The molecule has 0 spiro atoms. The molecule has 1 aromatic carbocycles. The van der Waals surface area contributed by atoms with Crippen LogP contribution in [0.3, 0.4) is 0 Å². The summed E-state index contributed by atoms with van der Waals surface area (Å²) in [6.45, 7) is 0.614. The number of aromatic nitrogens is 1. The Morgan fingerprint density at radius 3 is 2.76 bits per heavy atom. The normalized spacial score (nSPS) is 17.5. The summed E-state index contributed by atoms with van der Waals surface area (Å²) >= 11 is 0. The van der Waals surface area contributed by atoms with E-state index in [0.29, 0.717) is 25.8 Å². The summed E-state index contributed by atoms with van der Waals surface area (Å²) in [4.78, 5) is 46.0. The summed E-state index contributed by atoms with van der Waals surface area (Å²) in [5, 5.41) is 13.2. The third kappa shape index (κ3) is 6.01. The molecule has 2 heterocycles.